The first kappa shape index (κ1) is 27.8. The SMILES string of the molecule is CCOC(=O)c1cc(OC)c2c(c1)nc(-c1cc3ccc(C(C)n4cc(CCCCCCBr)nn4)nc3[nH]1)n2C. The van der Waals surface area contributed by atoms with E-state index in [0.29, 0.717) is 29.3 Å². The van der Waals surface area contributed by atoms with Gasteiger partial charge < -0.3 is 19.0 Å². The second-order valence-electron chi connectivity index (χ2n) is 9.84. The number of H-pyrrole nitrogens is 1. The molecule has 40 heavy (non-hydrogen) atoms. The molecule has 0 spiro atoms. The Hall–Kier alpha value is -3.73. The van der Waals surface area contributed by atoms with Crippen molar-refractivity contribution < 1.29 is 14.3 Å². The Kier molecular flexibility index (Phi) is 8.49. The first-order chi connectivity index (χ1) is 19.4. The van der Waals surface area contributed by atoms with E-state index in [1.807, 2.05) is 34.6 Å². The maximum absolute atomic E-state index is 12.4. The van der Waals surface area contributed by atoms with Crippen molar-refractivity contribution in [3.63, 3.8) is 0 Å². The lowest BCUT2D eigenvalue weighted by Crippen LogP contribution is -2.09. The van der Waals surface area contributed by atoms with Crippen molar-refractivity contribution in [3.05, 3.63) is 53.5 Å². The number of imidazole rings is 1. The van der Waals surface area contributed by atoms with Crippen LogP contribution in [-0.2, 0) is 18.2 Å². The normalized spacial score (nSPS) is 12.3. The van der Waals surface area contributed by atoms with E-state index >= 15 is 0 Å². The Labute approximate surface area is 241 Å². The van der Waals surface area contributed by atoms with Crippen molar-refractivity contribution in [1.82, 2.24) is 34.5 Å². The molecule has 210 valence electrons. The molecule has 0 amide bonds. The standard InChI is InChI=1S/C29H34BrN7O3/c1-5-40-29(38)20-15-23-26(25(16-20)39-4)36(3)28(33-23)24-14-19-11-12-22(31-27(19)32-24)18(2)37-17-21(34-35-37)10-8-6-7-9-13-30/h11-12,14-18H,5-10,13H2,1-4H3,(H,31,32). The van der Waals surface area contributed by atoms with Gasteiger partial charge >= 0.3 is 5.97 Å². The highest BCUT2D eigenvalue weighted by Gasteiger charge is 2.20. The van der Waals surface area contributed by atoms with Gasteiger partial charge in [-0.05, 0) is 63.4 Å². The molecule has 0 radical (unpaired) electrons. The molecule has 0 bridgehead atoms. The molecule has 4 heterocycles. The average molecular weight is 609 g/mol. The first-order valence-corrected chi connectivity index (χ1v) is 14.7. The highest BCUT2D eigenvalue weighted by molar-refractivity contribution is 9.09. The van der Waals surface area contributed by atoms with Gasteiger partial charge in [-0.25, -0.2) is 19.4 Å². The van der Waals surface area contributed by atoms with Gasteiger partial charge in [0.2, 0.25) is 0 Å². The Balaban J connectivity index is 1.40. The van der Waals surface area contributed by atoms with Crippen LogP contribution >= 0.6 is 15.9 Å². The van der Waals surface area contributed by atoms with Crippen LogP contribution in [0, 0.1) is 0 Å². The fourth-order valence-corrected chi connectivity index (χ4v) is 5.32. The zero-order chi connectivity index (χ0) is 28.2. The molecule has 0 aliphatic carbocycles. The average Bonchev–Trinajstić information content (AvgIpc) is 3.69. The fraction of sp³-hybridized carbons (Fsp3) is 0.414. The summed E-state index contributed by atoms with van der Waals surface area (Å²) in [7, 11) is 3.50. The molecule has 0 aliphatic rings. The second kappa shape index (κ2) is 12.2. The number of carbonyl (C=O) groups is 1. The van der Waals surface area contributed by atoms with Crippen molar-refractivity contribution in [2.75, 3.05) is 19.0 Å². The fourth-order valence-electron chi connectivity index (χ4n) is 4.92. The molecule has 5 aromatic rings. The summed E-state index contributed by atoms with van der Waals surface area (Å²) in [6.07, 6.45) is 7.72. The van der Waals surface area contributed by atoms with E-state index in [2.05, 4.69) is 44.2 Å². The van der Waals surface area contributed by atoms with E-state index in [9.17, 15) is 4.79 Å². The number of aromatic nitrogens is 7. The third kappa shape index (κ3) is 5.60. The van der Waals surface area contributed by atoms with Gasteiger partial charge in [0, 0.05) is 24.0 Å². The number of pyridine rings is 1. The maximum Gasteiger partial charge on any atom is 0.338 e. The monoisotopic (exact) mass is 607 g/mol. The zero-order valence-electron chi connectivity index (χ0n) is 23.3. The minimum Gasteiger partial charge on any atom is -0.494 e. The number of ether oxygens (including phenoxy) is 2. The first-order valence-electron chi connectivity index (χ1n) is 13.6. The zero-order valence-corrected chi connectivity index (χ0v) is 24.9. The molecule has 1 aromatic carbocycles. The van der Waals surface area contributed by atoms with Crippen LogP contribution in [0.3, 0.4) is 0 Å². The third-order valence-corrected chi connectivity index (χ3v) is 7.67. The van der Waals surface area contributed by atoms with E-state index in [4.69, 9.17) is 19.4 Å². The lowest BCUT2D eigenvalue weighted by molar-refractivity contribution is 0.0526. The number of nitrogens with one attached hydrogen (secondary N) is 1. The summed E-state index contributed by atoms with van der Waals surface area (Å²) in [5.74, 6) is 0.855. The predicted octanol–water partition coefficient (Wildman–Crippen LogP) is 6.00. The Morgan fingerprint density at radius 2 is 1.95 bits per heavy atom. The molecule has 0 saturated carbocycles. The summed E-state index contributed by atoms with van der Waals surface area (Å²) in [5.41, 5.74) is 5.31. The number of unbranched alkanes of at least 4 members (excludes halogenated alkanes) is 3. The number of hydrogen-bond donors (Lipinski definition) is 1. The van der Waals surface area contributed by atoms with Crippen LogP contribution in [-0.4, -0.2) is 59.5 Å². The van der Waals surface area contributed by atoms with Crippen molar-refractivity contribution in [2.45, 2.75) is 52.0 Å². The Morgan fingerprint density at radius 1 is 1.12 bits per heavy atom. The number of halogens is 1. The molecule has 11 heteroatoms. The van der Waals surface area contributed by atoms with Crippen molar-refractivity contribution in [2.24, 2.45) is 7.05 Å². The van der Waals surface area contributed by atoms with Gasteiger partial charge in [-0.3, -0.25) is 0 Å². The largest absolute Gasteiger partial charge is 0.494 e. The minimum atomic E-state index is -0.406. The Bertz CT molecular complexity index is 1640. The van der Waals surface area contributed by atoms with Crippen LogP contribution < -0.4 is 4.74 Å². The summed E-state index contributed by atoms with van der Waals surface area (Å²) >= 11 is 3.49. The minimum absolute atomic E-state index is 0.0629. The summed E-state index contributed by atoms with van der Waals surface area (Å²) in [6.45, 7) is 4.15. The van der Waals surface area contributed by atoms with E-state index in [1.54, 1.807) is 26.2 Å². The number of alkyl halides is 1. The van der Waals surface area contributed by atoms with E-state index in [0.717, 1.165) is 51.8 Å². The highest BCUT2D eigenvalue weighted by atomic mass is 79.9. The molecule has 10 nitrogen and oxygen atoms in total. The van der Waals surface area contributed by atoms with E-state index in [1.165, 1.54) is 19.3 Å². The van der Waals surface area contributed by atoms with Gasteiger partial charge in [-0.15, -0.1) is 5.10 Å². The molecular weight excluding hydrogens is 574 g/mol. The number of aryl methyl sites for hydroxylation is 2. The van der Waals surface area contributed by atoms with Crippen LogP contribution in [0.2, 0.25) is 0 Å². The van der Waals surface area contributed by atoms with Crippen LogP contribution in [0.25, 0.3) is 33.6 Å². The van der Waals surface area contributed by atoms with Gasteiger partial charge in [0.15, 0.2) is 5.82 Å². The molecular formula is C29H34BrN7O3. The number of benzene rings is 1. The molecule has 0 aliphatic heterocycles. The van der Waals surface area contributed by atoms with Gasteiger partial charge in [-0.2, -0.15) is 0 Å². The lowest BCUT2D eigenvalue weighted by atomic mass is 10.1. The van der Waals surface area contributed by atoms with Crippen LogP contribution in [0.5, 0.6) is 5.75 Å². The molecule has 1 unspecified atom stereocenters. The number of aromatic amines is 1. The summed E-state index contributed by atoms with van der Waals surface area (Å²) in [5, 5.41) is 10.8. The number of nitrogens with zero attached hydrogens (tertiary/aromatic N) is 6. The van der Waals surface area contributed by atoms with Crippen LogP contribution in [0.15, 0.2) is 36.5 Å². The molecule has 0 fully saturated rings. The topological polar surface area (TPSA) is 113 Å². The molecule has 4 aromatic heterocycles. The number of hydrogen-bond acceptors (Lipinski definition) is 7. The van der Waals surface area contributed by atoms with Crippen molar-refractivity contribution >= 4 is 44.0 Å². The molecule has 0 saturated heterocycles. The van der Waals surface area contributed by atoms with E-state index < -0.39 is 5.97 Å². The number of methoxy groups -OCH3 is 1. The van der Waals surface area contributed by atoms with Gasteiger partial charge in [-0.1, -0.05) is 34.0 Å². The maximum atomic E-state index is 12.4. The second-order valence-corrected chi connectivity index (χ2v) is 10.6. The smallest absolute Gasteiger partial charge is 0.338 e. The quantitative estimate of drug-likeness (QED) is 0.105. The molecule has 1 atom stereocenters. The van der Waals surface area contributed by atoms with E-state index in [-0.39, 0.29) is 6.04 Å². The van der Waals surface area contributed by atoms with Gasteiger partial charge in [0.1, 0.15) is 16.9 Å². The molecule has 5 rings (SSSR count). The Morgan fingerprint density at radius 3 is 2.73 bits per heavy atom. The summed E-state index contributed by atoms with van der Waals surface area (Å²) < 4.78 is 14.6. The lowest BCUT2D eigenvalue weighted by Gasteiger charge is -2.10. The number of esters is 1. The van der Waals surface area contributed by atoms with Crippen LogP contribution in [0.4, 0.5) is 0 Å². The third-order valence-electron chi connectivity index (χ3n) is 7.11. The number of fused-ring (bicyclic) bond motifs is 2. The van der Waals surface area contributed by atoms with Crippen LogP contribution in [0.1, 0.15) is 67.3 Å². The predicted molar refractivity (Wildman–Crippen MR) is 158 cm³/mol. The summed E-state index contributed by atoms with van der Waals surface area (Å²) in [6, 6.07) is 9.46. The number of carbonyl (C=O) groups excluding carboxylic acids is 1. The number of rotatable bonds is 12. The molecule has 1 N–H and O–H groups in total. The van der Waals surface area contributed by atoms with Gasteiger partial charge in [0.05, 0.1) is 47.9 Å². The van der Waals surface area contributed by atoms with Crippen molar-refractivity contribution in [3.8, 4) is 17.3 Å². The van der Waals surface area contributed by atoms with Gasteiger partial charge in [0.25, 0.3) is 0 Å². The highest BCUT2D eigenvalue weighted by Crippen LogP contribution is 2.33. The van der Waals surface area contributed by atoms with Crippen molar-refractivity contribution in [1.29, 1.82) is 0 Å². The summed E-state index contributed by atoms with van der Waals surface area (Å²) in [4.78, 5) is 25.5.